The first kappa shape index (κ1) is 22.7. The number of carbonyl (C=O) groups excluding carboxylic acids is 2. The van der Waals surface area contributed by atoms with E-state index in [0.717, 1.165) is 48.3 Å². The summed E-state index contributed by atoms with van der Waals surface area (Å²) in [6.45, 7) is 6.98. The zero-order valence-electron chi connectivity index (χ0n) is 18.9. The first-order chi connectivity index (χ1) is 15.9. The van der Waals surface area contributed by atoms with Gasteiger partial charge in [0.05, 0.1) is 0 Å². The summed E-state index contributed by atoms with van der Waals surface area (Å²) in [7, 11) is 0. The molecule has 1 aliphatic heterocycles. The topological polar surface area (TPSA) is 64.7 Å². The number of piperazine rings is 1. The average molecular weight is 461 g/mol. The third kappa shape index (κ3) is 5.49. The summed E-state index contributed by atoms with van der Waals surface area (Å²) in [5.41, 5.74) is 2.46. The van der Waals surface area contributed by atoms with Crippen LogP contribution >= 0.6 is 12.2 Å². The molecule has 4 rings (SSSR count). The molecule has 0 unspecified atom stereocenters. The summed E-state index contributed by atoms with van der Waals surface area (Å²) in [5.74, 6) is 0.00427. The smallest absolute Gasteiger partial charge is 0.257 e. The molecule has 1 saturated heterocycles. The van der Waals surface area contributed by atoms with Crippen molar-refractivity contribution in [3.8, 4) is 0 Å². The maximum absolute atomic E-state index is 12.6. The van der Waals surface area contributed by atoms with Crippen LogP contribution in [0.25, 0.3) is 10.8 Å². The van der Waals surface area contributed by atoms with Crippen molar-refractivity contribution in [2.75, 3.05) is 36.4 Å². The Morgan fingerprint density at radius 2 is 1.55 bits per heavy atom. The van der Waals surface area contributed by atoms with E-state index in [1.54, 1.807) is 6.07 Å². The van der Waals surface area contributed by atoms with Gasteiger partial charge in [-0.3, -0.25) is 14.9 Å². The van der Waals surface area contributed by atoms with Crippen LogP contribution in [0.1, 0.15) is 24.2 Å². The lowest BCUT2D eigenvalue weighted by Crippen LogP contribution is -2.49. The summed E-state index contributed by atoms with van der Waals surface area (Å²) in [4.78, 5) is 29.0. The van der Waals surface area contributed by atoms with Gasteiger partial charge in [0, 0.05) is 49.0 Å². The van der Waals surface area contributed by atoms with Crippen molar-refractivity contribution in [2.24, 2.45) is 5.92 Å². The van der Waals surface area contributed by atoms with Crippen LogP contribution in [-0.2, 0) is 4.79 Å². The molecule has 3 aromatic rings. The number of amides is 2. The molecule has 170 valence electrons. The molecule has 3 aromatic carbocycles. The normalized spacial score (nSPS) is 13.8. The van der Waals surface area contributed by atoms with Gasteiger partial charge in [0.1, 0.15) is 0 Å². The predicted molar refractivity (Wildman–Crippen MR) is 138 cm³/mol. The highest BCUT2D eigenvalue weighted by molar-refractivity contribution is 7.80. The van der Waals surface area contributed by atoms with Crippen molar-refractivity contribution in [3.63, 3.8) is 0 Å². The Balaban J connectivity index is 1.31. The number of benzene rings is 3. The van der Waals surface area contributed by atoms with Crippen LogP contribution in [0.5, 0.6) is 0 Å². The standard InChI is InChI=1S/C26H28N4O2S/c1-18(2)25(32)30-15-13-29(14-16-30)23-11-9-22(10-12-23)27-26(33)28-24(31)21-8-7-19-5-3-4-6-20(19)17-21/h3-12,17-18H,13-16H2,1-2H3,(H2,27,28,31,33). The number of anilines is 2. The molecule has 1 fully saturated rings. The zero-order chi connectivity index (χ0) is 23.4. The molecule has 1 heterocycles. The summed E-state index contributed by atoms with van der Waals surface area (Å²) in [6, 6.07) is 21.4. The highest BCUT2D eigenvalue weighted by Gasteiger charge is 2.22. The van der Waals surface area contributed by atoms with Gasteiger partial charge in [-0.2, -0.15) is 0 Å². The monoisotopic (exact) mass is 460 g/mol. The molecule has 33 heavy (non-hydrogen) atoms. The second kappa shape index (κ2) is 10.0. The van der Waals surface area contributed by atoms with Crippen molar-refractivity contribution >= 4 is 51.3 Å². The fourth-order valence-corrected chi connectivity index (χ4v) is 4.18. The molecule has 2 N–H and O–H groups in total. The van der Waals surface area contributed by atoms with E-state index < -0.39 is 0 Å². The van der Waals surface area contributed by atoms with E-state index >= 15 is 0 Å². The minimum Gasteiger partial charge on any atom is -0.368 e. The van der Waals surface area contributed by atoms with Gasteiger partial charge in [-0.1, -0.05) is 44.2 Å². The average Bonchev–Trinajstić information content (AvgIpc) is 2.83. The Labute approximate surface area is 199 Å². The Morgan fingerprint density at radius 1 is 0.879 bits per heavy atom. The minimum atomic E-state index is -0.247. The quantitative estimate of drug-likeness (QED) is 0.570. The summed E-state index contributed by atoms with van der Waals surface area (Å²) < 4.78 is 0. The van der Waals surface area contributed by atoms with Crippen LogP contribution in [0.15, 0.2) is 66.7 Å². The van der Waals surface area contributed by atoms with E-state index in [2.05, 4.69) is 15.5 Å². The van der Waals surface area contributed by atoms with Crippen molar-refractivity contribution in [2.45, 2.75) is 13.8 Å². The van der Waals surface area contributed by atoms with E-state index in [1.165, 1.54) is 0 Å². The van der Waals surface area contributed by atoms with Crippen LogP contribution in [0.3, 0.4) is 0 Å². The summed E-state index contributed by atoms with van der Waals surface area (Å²) >= 11 is 5.33. The van der Waals surface area contributed by atoms with Crippen molar-refractivity contribution in [3.05, 3.63) is 72.3 Å². The first-order valence-corrected chi connectivity index (χ1v) is 11.6. The van der Waals surface area contributed by atoms with E-state index in [4.69, 9.17) is 12.2 Å². The van der Waals surface area contributed by atoms with E-state index in [0.29, 0.717) is 5.56 Å². The van der Waals surface area contributed by atoms with Gasteiger partial charge in [-0.05, 0) is 59.4 Å². The molecule has 0 radical (unpaired) electrons. The molecule has 0 spiro atoms. The lowest BCUT2D eigenvalue weighted by atomic mass is 10.1. The van der Waals surface area contributed by atoms with Crippen LogP contribution < -0.4 is 15.5 Å². The van der Waals surface area contributed by atoms with Gasteiger partial charge in [-0.15, -0.1) is 0 Å². The number of rotatable bonds is 4. The van der Waals surface area contributed by atoms with Crippen LogP contribution in [-0.4, -0.2) is 48.0 Å². The number of carbonyl (C=O) groups is 2. The highest BCUT2D eigenvalue weighted by atomic mass is 32.1. The van der Waals surface area contributed by atoms with Crippen molar-refractivity contribution < 1.29 is 9.59 Å². The van der Waals surface area contributed by atoms with E-state index in [-0.39, 0.29) is 22.8 Å². The Hall–Kier alpha value is -3.45. The second-order valence-corrected chi connectivity index (χ2v) is 8.89. The van der Waals surface area contributed by atoms with Crippen LogP contribution in [0, 0.1) is 5.92 Å². The Morgan fingerprint density at radius 3 is 2.21 bits per heavy atom. The number of hydrogen-bond donors (Lipinski definition) is 2. The maximum Gasteiger partial charge on any atom is 0.257 e. The molecule has 0 atom stereocenters. The fourth-order valence-electron chi connectivity index (χ4n) is 3.97. The molecule has 0 aromatic heterocycles. The fraction of sp³-hybridized carbons (Fsp3) is 0.269. The lowest BCUT2D eigenvalue weighted by Gasteiger charge is -2.37. The van der Waals surface area contributed by atoms with Gasteiger partial charge in [0.25, 0.3) is 5.91 Å². The lowest BCUT2D eigenvalue weighted by molar-refractivity contribution is -0.134. The minimum absolute atomic E-state index is 0.0347. The zero-order valence-corrected chi connectivity index (χ0v) is 19.7. The van der Waals surface area contributed by atoms with E-state index in [1.807, 2.05) is 79.4 Å². The highest BCUT2D eigenvalue weighted by Crippen LogP contribution is 2.20. The number of nitrogens with zero attached hydrogens (tertiary/aromatic N) is 2. The first-order valence-electron chi connectivity index (χ1n) is 11.2. The molecule has 7 heteroatoms. The second-order valence-electron chi connectivity index (χ2n) is 8.48. The predicted octanol–water partition coefficient (Wildman–Crippen LogP) is 4.27. The van der Waals surface area contributed by atoms with Gasteiger partial charge in [0.2, 0.25) is 5.91 Å². The molecule has 1 aliphatic rings. The van der Waals surface area contributed by atoms with Gasteiger partial charge < -0.3 is 15.1 Å². The summed E-state index contributed by atoms with van der Waals surface area (Å²) in [6.07, 6.45) is 0. The Kier molecular flexibility index (Phi) is 6.89. The van der Waals surface area contributed by atoms with Gasteiger partial charge in [-0.25, -0.2) is 0 Å². The maximum atomic E-state index is 12.6. The number of thiocarbonyl (C=S) groups is 1. The SMILES string of the molecule is CC(C)C(=O)N1CCN(c2ccc(NC(=S)NC(=O)c3ccc4ccccc4c3)cc2)CC1. The van der Waals surface area contributed by atoms with Crippen molar-refractivity contribution in [1.29, 1.82) is 0 Å². The molecule has 0 aliphatic carbocycles. The van der Waals surface area contributed by atoms with Gasteiger partial charge >= 0.3 is 0 Å². The molecule has 2 amide bonds. The number of fused-ring (bicyclic) bond motifs is 1. The molecular formula is C26H28N4O2S. The Bertz CT molecular complexity index is 1170. The largest absolute Gasteiger partial charge is 0.368 e. The van der Waals surface area contributed by atoms with Crippen molar-refractivity contribution in [1.82, 2.24) is 10.2 Å². The summed E-state index contributed by atoms with van der Waals surface area (Å²) in [5, 5.41) is 8.16. The molecule has 0 bridgehead atoms. The number of hydrogen-bond acceptors (Lipinski definition) is 4. The third-order valence-corrected chi connectivity index (χ3v) is 6.02. The van der Waals surface area contributed by atoms with Crippen LogP contribution in [0.2, 0.25) is 0 Å². The van der Waals surface area contributed by atoms with E-state index in [9.17, 15) is 9.59 Å². The van der Waals surface area contributed by atoms with Gasteiger partial charge in [0.15, 0.2) is 5.11 Å². The number of nitrogens with one attached hydrogen (secondary N) is 2. The molecular weight excluding hydrogens is 432 g/mol. The molecule has 6 nitrogen and oxygen atoms in total. The third-order valence-electron chi connectivity index (χ3n) is 5.81. The van der Waals surface area contributed by atoms with Crippen LogP contribution in [0.4, 0.5) is 11.4 Å². The molecule has 0 saturated carbocycles.